The number of carbonyl (C=O) groups excluding carboxylic acids is 2. The van der Waals surface area contributed by atoms with Gasteiger partial charge in [0.05, 0.1) is 36.3 Å². The normalized spacial score (nSPS) is 22.2. The summed E-state index contributed by atoms with van der Waals surface area (Å²) in [6, 6.07) is 4.77. The summed E-state index contributed by atoms with van der Waals surface area (Å²) in [5.41, 5.74) is 0.264. The number of rotatable bonds is 2. The van der Waals surface area contributed by atoms with Crippen LogP contribution in [0.25, 0.3) is 0 Å². The highest BCUT2D eigenvalue weighted by Gasteiger charge is 2.41. The van der Waals surface area contributed by atoms with E-state index in [1.165, 1.54) is 24.3 Å². The molecule has 110 valence electrons. The summed E-state index contributed by atoms with van der Waals surface area (Å²) in [6.07, 6.45) is 0.197. The van der Waals surface area contributed by atoms with E-state index in [0.717, 1.165) is 4.90 Å². The summed E-state index contributed by atoms with van der Waals surface area (Å²) < 4.78 is 5.28. The molecular weight excluding hydrogens is 278 g/mol. The summed E-state index contributed by atoms with van der Waals surface area (Å²) in [5.74, 6) is -0.319. The van der Waals surface area contributed by atoms with Gasteiger partial charge >= 0.3 is 6.03 Å². The lowest BCUT2D eigenvalue weighted by molar-refractivity contribution is -0.384. The number of imide groups is 1. The van der Waals surface area contributed by atoms with Crippen molar-refractivity contribution in [2.75, 3.05) is 24.7 Å². The highest BCUT2D eigenvalue weighted by molar-refractivity contribution is 6.16. The van der Waals surface area contributed by atoms with E-state index in [2.05, 4.69) is 0 Å². The fourth-order valence-electron chi connectivity index (χ4n) is 2.58. The molecule has 3 amide bonds. The SMILES string of the molecule is O=C1CC2COCCN2C(=O)N1c1ccc([N+](=O)[O-])cc1. The molecule has 0 aromatic heterocycles. The standard InChI is InChI=1S/C13H13N3O5/c17-12-7-11-8-21-6-5-14(11)13(18)15(12)9-1-3-10(4-2-9)16(19)20/h1-4,11H,5-8H2. The molecule has 21 heavy (non-hydrogen) atoms. The van der Waals surface area contributed by atoms with Crippen molar-refractivity contribution in [1.82, 2.24) is 4.90 Å². The molecule has 0 radical (unpaired) electrons. The molecule has 2 heterocycles. The highest BCUT2D eigenvalue weighted by atomic mass is 16.6. The second-order valence-corrected chi connectivity index (χ2v) is 4.91. The topological polar surface area (TPSA) is 93.0 Å². The summed E-state index contributed by atoms with van der Waals surface area (Å²) in [5, 5.41) is 10.6. The predicted octanol–water partition coefficient (Wildman–Crippen LogP) is 1.15. The molecule has 8 nitrogen and oxygen atoms in total. The monoisotopic (exact) mass is 291 g/mol. The maximum atomic E-state index is 12.4. The summed E-state index contributed by atoms with van der Waals surface area (Å²) in [4.78, 5) is 37.4. The average Bonchev–Trinajstić information content (AvgIpc) is 2.48. The Morgan fingerprint density at radius 2 is 1.95 bits per heavy atom. The largest absolute Gasteiger partial charge is 0.377 e. The number of benzene rings is 1. The maximum Gasteiger partial charge on any atom is 0.331 e. The van der Waals surface area contributed by atoms with Crippen molar-refractivity contribution >= 4 is 23.3 Å². The van der Waals surface area contributed by atoms with E-state index < -0.39 is 11.0 Å². The van der Waals surface area contributed by atoms with E-state index in [0.29, 0.717) is 25.4 Å². The molecule has 0 saturated carbocycles. The smallest absolute Gasteiger partial charge is 0.331 e. The van der Waals surface area contributed by atoms with Crippen LogP contribution >= 0.6 is 0 Å². The predicted molar refractivity (Wildman–Crippen MR) is 71.9 cm³/mol. The quantitative estimate of drug-likeness (QED) is 0.602. The van der Waals surface area contributed by atoms with Gasteiger partial charge in [0.25, 0.3) is 5.69 Å². The first-order valence-electron chi connectivity index (χ1n) is 6.53. The third kappa shape index (κ3) is 2.33. The van der Waals surface area contributed by atoms with E-state index in [4.69, 9.17) is 4.74 Å². The number of hydrogen-bond acceptors (Lipinski definition) is 5. The first kappa shape index (κ1) is 13.5. The molecule has 2 saturated heterocycles. The number of morpholine rings is 1. The number of hydrogen-bond donors (Lipinski definition) is 0. The van der Waals surface area contributed by atoms with Crippen LogP contribution < -0.4 is 4.90 Å². The third-order valence-electron chi connectivity index (χ3n) is 3.64. The average molecular weight is 291 g/mol. The molecule has 0 aliphatic carbocycles. The zero-order valence-electron chi connectivity index (χ0n) is 11.1. The Morgan fingerprint density at radius 3 is 2.62 bits per heavy atom. The Hall–Kier alpha value is -2.48. The number of nitro benzene ring substituents is 1. The lowest BCUT2D eigenvalue weighted by Crippen LogP contribution is -2.61. The Kier molecular flexibility index (Phi) is 3.30. The maximum absolute atomic E-state index is 12.4. The molecule has 1 unspecified atom stereocenters. The van der Waals surface area contributed by atoms with Crippen molar-refractivity contribution < 1.29 is 19.2 Å². The van der Waals surface area contributed by atoms with Gasteiger partial charge in [0, 0.05) is 18.7 Å². The fourth-order valence-corrected chi connectivity index (χ4v) is 2.58. The Labute approximate surface area is 120 Å². The molecular formula is C13H13N3O5. The molecule has 2 aliphatic rings. The van der Waals surface area contributed by atoms with Crippen molar-refractivity contribution in [3.05, 3.63) is 34.4 Å². The zero-order chi connectivity index (χ0) is 15.0. The van der Waals surface area contributed by atoms with E-state index in [9.17, 15) is 19.7 Å². The molecule has 1 aromatic carbocycles. The molecule has 1 aromatic rings. The molecule has 3 rings (SSSR count). The number of anilines is 1. The van der Waals surface area contributed by atoms with Crippen LogP contribution in [-0.4, -0.2) is 47.6 Å². The van der Waals surface area contributed by atoms with E-state index in [-0.39, 0.29) is 24.1 Å². The summed E-state index contributed by atoms with van der Waals surface area (Å²) in [7, 11) is 0. The minimum atomic E-state index is -0.526. The van der Waals surface area contributed by atoms with Crippen LogP contribution in [0.3, 0.4) is 0 Å². The number of non-ortho nitro benzene ring substituents is 1. The Morgan fingerprint density at radius 1 is 1.24 bits per heavy atom. The van der Waals surface area contributed by atoms with Gasteiger partial charge in [0.2, 0.25) is 5.91 Å². The number of fused-ring (bicyclic) bond motifs is 1. The lowest BCUT2D eigenvalue weighted by Gasteiger charge is -2.42. The Bertz CT molecular complexity index is 600. The number of carbonyl (C=O) groups is 2. The lowest BCUT2D eigenvalue weighted by atomic mass is 10.1. The van der Waals surface area contributed by atoms with Gasteiger partial charge in [-0.1, -0.05) is 0 Å². The van der Waals surface area contributed by atoms with Crippen molar-refractivity contribution in [2.45, 2.75) is 12.5 Å². The van der Waals surface area contributed by atoms with Crippen LogP contribution in [0.5, 0.6) is 0 Å². The molecule has 1 atom stereocenters. The van der Waals surface area contributed by atoms with Crippen molar-refractivity contribution in [3.8, 4) is 0 Å². The van der Waals surface area contributed by atoms with Gasteiger partial charge in [-0.05, 0) is 12.1 Å². The molecule has 0 spiro atoms. The van der Waals surface area contributed by atoms with Crippen molar-refractivity contribution in [2.24, 2.45) is 0 Å². The van der Waals surface area contributed by atoms with Crippen LogP contribution in [0, 0.1) is 10.1 Å². The van der Waals surface area contributed by atoms with Crippen molar-refractivity contribution in [1.29, 1.82) is 0 Å². The minimum Gasteiger partial charge on any atom is -0.377 e. The van der Waals surface area contributed by atoms with Crippen LogP contribution in [0.2, 0.25) is 0 Å². The highest BCUT2D eigenvalue weighted by Crippen LogP contribution is 2.27. The van der Waals surface area contributed by atoms with Crippen LogP contribution in [0.1, 0.15) is 6.42 Å². The van der Waals surface area contributed by atoms with Crippen LogP contribution in [0.4, 0.5) is 16.2 Å². The Balaban J connectivity index is 1.88. The van der Waals surface area contributed by atoms with E-state index >= 15 is 0 Å². The fraction of sp³-hybridized carbons (Fsp3) is 0.385. The molecule has 0 N–H and O–H groups in total. The molecule has 2 aliphatic heterocycles. The summed E-state index contributed by atoms with van der Waals surface area (Å²) >= 11 is 0. The van der Waals surface area contributed by atoms with E-state index in [1.54, 1.807) is 4.90 Å². The molecule has 8 heteroatoms. The van der Waals surface area contributed by atoms with Gasteiger partial charge in [-0.2, -0.15) is 0 Å². The van der Waals surface area contributed by atoms with Gasteiger partial charge in [-0.15, -0.1) is 0 Å². The van der Waals surface area contributed by atoms with E-state index in [1.807, 2.05) is 0 Å². The van der Waals surface area contributed by atoms with Crippen LogP contribution in [-0.2, 0) is 9.53 Å². The van der Waals surface area contributed by atoms with Gasteiger partial charge in [-0.25, -0.2) is 9.69 Å². The minimum absolute atomic E-state index is 0.0834. The third-order valence-corrected chi connectivity index (χ3v) is 3.64. The number of ether oxygens (including phenoxy) is 1. The zero-order valence-corrected chi connectivity index (χ0v) is 11.1. The second-order valence-electron chi connectivity index (χ2n) is 4.91. The van der Waals surface area contributed by atoms with Gasteiger partial charge in [0.1, 0.15) is 0 Å². The van der Waals surface area contributed by atoms with Gasteiger partial charge < -0.3 is 9.64 Å². The number of urea groups is 1. The second kappa shape index (κ2) is 5.13. The van der Waals surface area contributed by atoms with Gasteiger partial charge in [-0.3, -0.25) is 14.9 Å². The first-order valence-corrected chi connectivity index (χ1v) is 6.53. The summed E-state index contributed by atoms with van der Waals surface area (Å²) in [6.45, 7) is 1.26. The molecule has 2 fully saturated rings. The van der Waals surface area contributed by atoms with Gasteiger partial charge in [0.15, 0.2) is 0 Å². The number of nitrogens with zero attached hydrogens (tertiary/aromatic N) is 3. The van der Waals surface area contributed by atoms with Crippen LogP contribution in [0.15, 0.2) is 24.3 Å². The van der Waals surface area contributed by atoms with Crippen molar-refractivity contribution in [3.63, 3.8) is 0 Å². The molecule has 0 bridgehead atoms. The first-order chi connectivity index (χ1) is 10.1. The number of nitro groups is 1. The number of amides is 3.